The fraction of sp³-hybridized carbons (Fsp3) is 0.725. The molecule has 15 heteroatoms. The van der Waals surface area contributed by atoms with Gasteiger partial charge in [0.15, 0.2) is 0 Å². The number of ketones is 1. The molecule has 1 aliphatic heterocycles. The van der Waals surface area contributed by atoms with Gasteiger partial charge in [0.25, 0.3) is 22.5 Å². The number of nitrogens with one attached hydrogen (secondary N) is 4. The summed E-state index contributed by atoms with van der Waals surface area (Å²) in [5, 5.41) is 10.2. The van der Waals surface area contributed by atoms with Crippen LogP contribution in [0.3, 0.4) is 0 Å². The number of rotatable bonds is 18. The zero-order valence-electron chi connectivity index (χ0n) is 35.0. The number of unbranched alkanes of at least 4 members (excludes halogenated alkanes) is 2. The van der Waals surface area contributed by atoms with Gasteiger partial charge in [-0.05, 0) is 46.7 Å². The smallest absolute Gasteiger partial charge is 0.315 e. The second-order valence-corrected chi connectivity index (χ2v) is 19.4. The number of nitrogens with zero attached hydrogens (tertiary/aromatic N) is 3. The lowest BCUT2D eigenvalue weighted by Gasteiger charge is -2.49. The van der Waals surface area contributed by atoms with Crippen molar-refractivity contribution in [1.29, 1.82) is 0 Å². The van der Waals surface area contributed by atoms with Crippen molar-refractivity contribution in [2.24, 2.45) is 28.1 Å². The molecule has 5 amide bonds. The van der Waals surface area contributed by atoms with E-state index in [1.807, 2.05) is 41.5 Å². The van der Waals surface area contributed by atoms with Crippen LogP contribution in [0, 0.1) is 28.1 Å². The molecule has 14 nitrogen and oxygen atoms in total. The van der Waals surface area contributed by atoms with Gasteiger partial charge in [-0.2, -0.15) is 0 Å². The van der Waals surface area contributed by atoms with Crippen LogP contribution in [0.1, 0.15) is 88.0 Å². The number of likely N-dealkylation sites (N-methyl/N-ethyl adjacent to an activating group) is 1. The summed E-state index contributed by atoms with van der Waals surface area (Å²) in [7, 11) is 5.09. The lowest BCUT2D eigenvalue weighted by atomic mass is 9.55. The van der Waals surface area contributed by atoms with Gasteiger partial charge in [-0.3, -0.25) is 28.8 Å². The van der Waals surface area contributed by atoms with E-state index in [4.69, 9.17) is 0 Å². The number of hydrogen-bond acceptors (Lipinski definition) is 10. The number of fused-ring (bicyclic) bond motifs is 1. The average molecular weight is 788 g/mol. The predicted molar refractivity (Wildman–Crippen MR) is 220 cm³/mol. The van der Waals surface area contributed by atoms with Crippen LogP contribution in [0.5, 0.6) is 0 Å². The highest BCUT2D eigenvalue weighted by atomic mass is 32.2. The Balaban J connectivity index is 1.88. The first-order valence-corrected chi connectivity index (χ1v) is 20.4. The van der Waals surface area contributed by atoms with Gasteiger partial charge in [0.1, 0.15) is 28.8 Å². The summed E-state index contributed by atoms with van der Waals surface area (Å²) in [5.41, 5.74) is -2.07. The molecule has 6 atom stereocenters. The summed E-state index contributed by atoms with van der Waals surface area (Å²) < 4.78 is 0. The monoisotopic (exact) mass is 787 g/mol. The molecule has 1 saturated carbocycles. The van der Waals surface area contributed by atoms with Crippen molar-refractivity contribution in [3.05, 3.63) is 33.1 Å². The Labute approximate surface area is 331 Å². The SMILES string of the molecule is C=CCNC(=O)C(=O)C(NC(=O)[C@@H]1[C@@H]2[C@H](CN1C(=O)[C@@H](NC(=O)N[C@H](CN(C)c1c(N(C)C)c(=O)c1=O)C(C)(C)C)C(C)(C)C)CC2(C)C)SCCCCC. The van der Waals surface area contributed by atoms with Gasteiger partial charge < -0.3 is 36.0 Å². The lowest BCUT2D eigenvalue weighted by Crippen LogP contribution is -2.63. The maximum atomic E-state index is 14.7. The third kappa shape index (κ3) is 10.5. The summed E-state index contributed by atoms with van der Waals surface area (Å²) in [4.78, 5) is 98.6. The Bertz CT molecular complexity index is 1670. The van der Waals surface area contributed by atoms with Crippen LogP contribution >= 0.6 is 11.8 Å². The molecule has 1 aliphatic carbocycles. The third-order valence-corrected chi connectivity index (χ3v) is 12.1. The van der Waals surface area contributed by atoms with Gasteiger partial charge in [-0.15, -0.1) is 18.3 Å². The van der Waals surface area contributed by atoms with E-state index >= 15 is 0 Å². The predicted octanol–water partition coefficient (Wildman–Crippen LogP) is 3.02. The highest BCUT2D eigenvalue weighted by Gasteiger charge is 2.61. The van der Waals surface area contributed by atoms with Gasteiger partial charge in [0.2, 0.25) is 11.8 Å². The zero-order chi connectivity index (χ0) is 41.8. The van der Waals surface area contributed by atoms with Crippen LogP contribution in [0.2, 0.25) is 0 Å². The Morgan fingerprint density at radius 2 is 1.56 bits per heavy atom. The van der Waals surface area contributed by atoms with Crippen LogP contribution in [0.15, 0.2) is 22.2 Å². The Kier molecular flexibility index (Phi) is 14.8. The third-order valence-electron chi connectivity index (χ3n) is 10.9. The van der Waals surface area contributed by atoms with E-state index in [-0.39, 0.29) is 36.0 Å². The number of carbonyl (C=O) groups excluding carboxylic acids is 5. The molecule has 1 unspecified atom stereocenters. The van der Waals surface area contributed by atoms with Crippen molar-refractivity contribution >= 4 is 52.7 Å². The summed E-state index contributed by atoms with van der Waals surface area (Å²) in [6.45, 7) is 21.8. The molecule has 0 bridgehead atoms. The zero-order valence-corrected chi connectivity index (χ0v) is 35.8. The first-order valence-electron chi connectivity index (χ1n) is 19.3. The number of thioether (sulfide) groups is 1. The van der Waals surface area contributed by atoms with Gasteiger partial charge in [0, 0.05) is 40.8 Å². The molecule has 0 spiro atoms. The number of Topliss-reactive ketones (excluding diaryl/α,β-unsaturated/α-hetero) is 1. The molecule has 1 aromatic rings. The van der Waals surface area contributed by atoms with Crippen molar-refractivity contribution < 1.29 is 24.0 Å². The van der Waals surface area contributed by atoms with Gasteiger partial charge in [-0.1, -0.05) is 81.2 Å². The van der Waals surface area contributed by atoms with Crippen LogP contribution in [0.4, 0.5) is 16.2 Å². The number of urea groups is 1. The molecule has 55 heavy (non-hydrogen) atoms. The second-order valence-electron chi connectivity index (χ2n) is 18.2. The van der Waals surface area contributed by atoms with E-state index in [2.05, 4.69) is 48.6 Å². The summed E-state index contributed by atoms with van der Waals surface area (Å²) in [6.07, 6.45) is 4.98. The van der Waals surface area contributed by atoms with E-state index in [1.54, 1.807) is 35.8 Å². The molecule has 1 heterocycles. The van der Waals surface area contributed by atoms with Crippen LogP contribution < -0.4 is 41.9 Å². The summed E-state index contributed by atoms with van der Waals surface area (Å²) in [5.74, 6) is -2.10. The minimum absolute atomic E-state index is 0.0506. The second kappa shape index (κ2) is 17.9. The molecule has 2 fully saturated rings. The van der Waals surface area contributed by atoms with Crippen LogP contribution in [-0.4, -0.2) is 104 Å². The molecule has 1 saturated heterocycles. The standard InChI is InChI=1S/C40H65N7O7S/c1-14-16-17-19-55-35(31(50)34(52)41-18-15-2)44-33(51)26-25-23(20-40(25,9)10)21-47(26)36(53)32(39(6,7)8)43-37(54)42-24(38(3,4)5)22-46(13)28-27(45(11)12)29(48)30(28)49/h15,23-26,32,35H,2,14,16-22H2,1,3-13H3,(H,41,52)(H,44,51)(H2,42,43,54)/t23-,24+,25-,26-,32+,35?/m0/s1. The van der Waals surface area contributed by atoms with Crippen molar-refractivity contribution in [3.63, 3.8) is 0 Å². The number of likely N-dealkylation sites (tertiary alicyclic amines) is 1. The first kappa shape index (κ1) is 45.5. The largest absolute Gasteiger partial charge is 0.373 e. The minimum Gasteiger partial charge on any atom is -0.373 e. The topological polar surface area (TPSA) is 177 Å². The first-order chi connectivity index (χ1) is 25.4. The summed E-state index contributed by atoms with van der Waals surface area (Å²) >= 11 is 1.21. The quantitative estimate of drug-likeness (QED) is 0.0749. The van der Waals surface area contributed by atoms with Crippen LogP contribution in [0.25, 0.3) is 0 Å². The molecule has 4 N–H and O–H groups in total. The van der Waals surface area contributed by atoms with E-state index in [0.717, 1.165) is 25.7 Å². The number of carbonyl (C=O) groups is 5. The molecular formula is C40H65N7O7S. The van der Waals surface area contributed by atoms with E-state index in [9.17, 15) is 33.6 Å². The molecule has 308 valence electrons. The van der Waals surface area contributed by atoms with Gasteiger partial charge in [0.05, 0.1) is 6.04 Å². The van der Waals surface area contributed by atoms with E-state index in [1.165, 1.54) is 17.8 Å². The normalized spacial score (nSPS) is 20.7. The number of hydrogen-bond donors (Lipinski definition) is 4. The van der Waals surface area contributed by atoms with Gasteiger partial charge in [-0.25, -0.2) is 4.79 Å². The Morgan fingerprint density at radius 1 is 0.945 bits per heavy atom. The van der Waals surface area contributed by atoms with Crippen molar-refractivity contribution in [2.45, 2.75) is 111 Å². The maximum absolute atomic E-state index is 14.7. The average Bonchev–Trinajstić information content (AvgIpc) is 3.42. The molecule has 0 aromatic heterocycles. The summed E-state index contributed by atoms with van der Waals surface area (Å²) in [6, 6.07) is -3.07. The number of anilines is 2. The van der Waals surface area contributed by atoms with Crippen molar-refractivity contribution in [3.8, 4) is 0 Å². The van der Waals surface area contributed by atoms with Crippen molar-refractivity contribution in [1.82, 2.24) is 26.2 Å². The molecule has 3 rings (SSSR count). The number of amides is 5. The fourth-order valence-corrected chi connectivity index (χ4v) is 8.94. The van der Waals surface area contributed by atoms with E-state index in [0.29, 0.717) is 18.0 Å². The highest BCUT2D eigenvalue weighted by molar-refractivity contribution is 8.00. The highest BCUT2D eigenvalue weighted by Crippen LogP contribution is 2.57. The van der Waals surface area contributed by atoms with Crippen LogP contribution in [-0.2, 0) is 19.2 Å². The molecule has 0 radical (unpaired) electrons. The Hall–Kier alpha value is -3.88. The Morgan fingerprint density at radius 3 is 2.09 bits per heavy atom. The van der Waals surface area contributed by atoms with E-state index < -0.39 is 74.7 Å². The maximum Gasteiger partial charge on any atom is 0.315 e. The lowest BCUT2D eigenvalue weighted by molar-refractivity contribution is -0.145. The molecule has 2 aliphatic rings. The fourth-order valence-electron chi connectivity index (χ4n) is 7.88. The molecular weight excluding hydrogens is 723 g/mol. The minimum atomic E-state index is -1.14. The van der Waals surface area contributed by atoms with Gasteiger partial charge >= 0.3 is 6.03 Å². The van der Waals surface area contributed by atoms with Crippen molar-refractivity contribution in [2.75, 3.05) is 56.3 Å². The molecule has 1 aromatic carbocycles.